The van der Waals surface area contributed by atoms with Gasteiger partial charge in [-0.15, -0.1) is 0 Å². The highest BCUT2D eigenvalue weighted by atomic mass is 127. The molecule has 0 saturated carbocycles. The first-order valence-electron chi connectivity index (χ1n) is 3.96. The molecule has 0 unspecified atom stereocenters. The monoisotopic (exact) mass is 254 g/mol. The summed E-state index contributed by atoms with van der Waals surface area (Å²) in [5, 5.41) is 0. The predicted molar refractivity (Wildman–Crippen MR) is 51.7 cm³/mol. The minimum Gasteiger partial charge on any atom is -0.371 e. The van der Waals surface area contributed by atoms with Crippen molar-refractivity contribution in [1.82, 2.24) is 0 Å². The zero-order valence-corrected chi connectivity index (χ0v) is 8.85. The molecule has 0 amide bonds. The van der Waals surface area contributed by atoms with E-state index in [0.29, 0.717) is 6.10 Å². The third-order valence-corrected chi connectivity index (χ3v) is 3.74. The zero-order chi connectivity index (χ0) is 7.61. The van der Waals surface area contributed by atoms with E-state index in [4.69, 9.17) is 4.74 Å². The Bertz CT molecular complexity index is 110. The van der Waals surface area contributed by atoms with Crippen LogP contribution < -0.4 is 0 Å². The second-order valence-electron chi connectivity index (χ2n) is 3.14. The number of halogens is 1. The summed E-state index contributed by atoms with van der Waals surface area (Å²) in [6, 6.07) is 0. The maximum absolute atomic E-state index is 5.84. The number of ether oxygens (including phenoxy) is 1. The zero-order valence-electron chi connectivity index (χ0n) is 6.69. The van der Waals surface area contributed by atoms with E-state index in [1.165, 1.54) is 19.3 Å². The van der Waals surface area contributed by atoms with Crippen LogP contribution >= 0.6 is 22.6 Å². The molecule has 1 heterocycles. The van der Waals surface area contributed by atoms with Crippen LogP contribution in [0.3, 0.4) is 0 Å². The van der Waals surface area contributed by atoms with E-state index in [9.17, 15) is 0 Å². The third kappa shape index (κ3) is 1.64. The van der Waals surface area contributed by atoms with Crippen LogP contribution in [0, 0.1) is 0 Å². The van der Waals surface area contributed by atoms with Gasteiger partial charge < -0.3 is 4.74 Å². The highest BCUT2D eigenvalue weighted by Gasteiger charge is 2.35. The molecule has 1 rings (SSSR count). The Balaban J connectivity index is 2.51. The van der Waals surface area contributed by atoms with E-state index in [1.807, 2.05) is 0 Å². The maximum Gasteiger partial charge on any atom is 0.0773 e. The Hall–Kier alpha value is 0.690. The summed E-state index contributed by atoms with van der Waals surface area (Å²) in [5.74, 6) is 0. The Labute approximate surface area is 76.7 Å². The Morgan fingerprint density at radius 1 is 1.70 bits per heavy atom. The third-order valence-electron chi connectivity index (χ3n) is 2.35. The number of hydrogen-bond acceptors (Lipinski definition) is 1. The van der Waals surface area contributed by atoms with E-state index in [2.05, 4.69) is 36.4 Å². The largest absolute Gasteiger partial charge is 0.371 e. The van der Waals surface area contributed by atoms with Gasteiger partial charge in [0.15, 0.2) is 0 Å². The van der Waals surface area contributed by atoms with Gasteiger partial charge in [-0.3, -0.25) is 0 Å². The van der Waals surface area contributed by atoms with Gasteiger partial charge in [-0.1, -0.05) is 29.5 Å². The normalized spacial score (nSPS) is 40.5. The minimum atomic E-state index is 0.236. The van der Waals surface area contributed by atoms with Crippen molar-refractivity contribution >= 4 is 22.6 Å². The quantitative estimate of drug-likeness (QED) is 0.544. The summed E-state index contributed by atoms with van der Waals surface area (Å²) in [6.07, 6.45) is 4.17. The molecule has 1 aliphatic heterocycles. The summed E-state index contributed by atoms with van der Waals surface area (Å²) >= 11 is 2.43. The van der Waals surface area contributed by atoms with Gasteiger partial charge in [0.05, 0.1) is 11.7 Å². The van der Waals surface area contributed by atoms with Crippen molar-refractivity contribution in [2.24, 2.45) is 0 Å². The standard InChI is InChI=1S/C8H15IO/c1-3-8(6-9)5-4-7(2)10-8/h7H,3-6H2,1-2H3/t7-,8-/m0/s1. The lowest BCUT2D eigenvalue weighted by Crippen LogP contribution is -2.29. The van der Waals surface area contributed by atoms with Gasteiger partial charge >= 0.3 is 0 Å². The van der Waals surface area contributed by atoms with Gasteiger partial charge in [-0.2, -0.15) is 0 Å². The van der Waals surface area contributed by atoms with Crippen LogP contribution in [-0.2, 0) is 4.74 Å². The number of hydrogen-bond donors (Lipinski definition) is 0. The van der Waals surface area contributed by atoms with Gasteiger partial charge in [0.25, 0.3) is 0 Å². The molecule has 0 N–H and O–H groups in total. The number of alkyl halides is 1. The molecule has 0 aromatic rings. The second-order valence-corrected chi connectivity index (χ2v) is 3.90. The summed E-state index contributed by atoms with van der Waals surface area (Å²) in [7, 11) is 0. The van der Waals surface area contributed by atoms with Crippen LogP contribution in [0.4, 0.5) is 0 Å². The van der Waals surface area contributed by atoms with Gasteiger partial charge in [-0.05, 0) is 26.2 Å². The Morgan fingerprint density at radius 2 is 2.40 bits per heavy atom. The van der Waals surface area contributed by atoms with Crippen molar-refractivity contribution in [2.45, 2.75) is 44.8 Å². The lowest BCUT2D eigenvalue weighted by Gasteiger charge is -2.24. The molecule has 0 aromatic carbocycles. The summed E-state index contributed by atoms with van der Waals surface area (Å²) in [4.78, 5) is 0. The predicted octanol–water partition coefficient (Wildman–Crippen LogP) is 2.77. The van der Waals surface area contributed by atoms with Crippen molar-refractivity contribution in [3.8, 4) is 0 Å². The summed E-state index contributed by atoms with van der Waals surface area (Å²) < 4.78 is 6.98. The first-order valence-corrected chi connectivity index (χ1v) is 5.49. The van der Waals surface area contributed by atoms with Crippen LogP contribution in [0.1, 0.15) is 33.1 Å². The Morgan fingerprint density at radius 3 is 2.60 bits per heavy atom. The van der Waals surface area contributed by atoms with Crippen LogP contribution in [-0.4, -0.2) is 16.1 Å². The van der Waals surface area contributed by atoms with Crippen molar-refractivity contribution in [3.63, 3.8) is 0 Å². The highest BCUT2D eigenvalue weighted by Crippen LogP contribution is 2.34. The van der Waals surface area contributed by atoms with Gasteiger partial charge in [-0.25, -0.2) is 0 Å². The molecule has 0 spiro atoms. The molecule has 0 bridgehead atoms. The maximum atomic E-state index is 5.84. The fourth-order valence-electron chi connectivity index (χ4n) is 1.46. The van der Waals surface area contributed by atoms with E-state index < -0.39 is 0 Å². The van der Waals surface area contributed by atoms with Gasteiger partial charge in [0.2, 0.25) is 0 Å². The molecule has 1 fully saturated rings. The molecular formula is C8H15IO. The molecule has 1 saturated heterocycles. The molecule has 1 nitrogen and oxygen atoms in total. The molecule has 2 atom stereocenters. The second kappa shape index (κ2) is 3.39. The molecule has 2 heteroatoms. The molecule has 60 valence electrons. The lowest BCUT2D eigenvalue weighted by molar-refractivity contribution is -0.0170. The van der Waals surface area contributed by atoms with E-state index >= 15 is 0 Å². The molecular weight excluding hydrogens is 239 g/mol. The average Bonchev–Trinajstić information content (AvgIpc) is 2.33. The van der Waals surface area contributed by atoms with Crippen molar-refractivity contribution in [3.05, 3.63) is 0 Å². The van der Waals surface area contributed by atoms with Crippen molar-refractivity contribution in [2.75, 3.05) is 4.43 Å². The lowest BCUT2D eigenvalue weighted by atomic mass is 10.00. The molecule has 10 heavy (non-hydrogen) atoms. The molecule has 0 aromatic heterocycles. The SMILES string of the molecule is CC[C@@]1(CI)CC[C@H](C)O1. The summed E-state index contributed by atoms with van der Waals surface area (Å²) in [6.45, 7) is 4.39. The van der Waals surface area contributed by atoms with Gasteiger partial charge in [0, 0.05) is 4.43 Å². The fourth-order valence-corrected chi connectivity index (χ4v) is 2.56. The molecule has 1 aliphatic rings. The van der Waals surface area contributed by atoms with Crippen LogP contribution in [0.5, 0.6) is 0 Å². The van der Waals surface area contributed by atoms with Crippen molar-refractivity contribution < 1.29 is 4.74 Å². The van der Waals surface area contributed by atoms with Crippen LogP contribution in [0.25, 0.3) is 0 Å². The van der Waals surface area contributed by atoms with Crippen LogP contribution in [0.2, 0.25) is 0 Å². The average molecular weight is 254 g/mol. The first-order chi connectivity index (χ1) is 4.72. The molecule has 0 aliphatic carbocycles. The summed E-state index contributed by atoms with van der Waals surface area (Å²) in [5.41, 5.74) is 0.236. The number of rotatable bonds is 2. The first kappa shape index (κ1) is 8.78. The highest BCUT2D eigenvalue weighted by molar-refractivity contribution is 14.1. The minimum absolute atomic E-state index is 0.236. The smallest absolute Gasteiger partial charge is 0.0773 e. The van der Waals surface area contributed by atoms with E-state index in [1.54, 1.807) is 0 Å². The van der Waals surface area contributed by atoms with Crippen molar-refractivity contribution in [1.29, 1.82) is 0 Å². The van der Waals surface area contributed by atoms with Crippen LogP contribution in [0.15, 0.2) is 0 Å². The topological polar surface area (TPSA) is 9.23 Å². The van der Waals surface area contributed by atoms with E-state index in [-0.39, 0.29) is 5.60 Å². The van der Waals surface area contributed by atoms with E-state index in [0.717, 1.165) is 4.43 Å². The van der Waals surface area contributed by atoms with Gasteiger partial charge in [0.1, 0.15) is 0 Å². The molecule has 0 radical (unpaired) electrons. The Kier molecular flexibility index (Phi) is 2.98. The fraction of sp³-hybridized carbons (Fsp3) is 1.00.